The van der Waals surface area contributed by atoms with Crippen LogP contribution in [0, 0.1) is 5.92 Å². The number of hydrogen-bond donors (Lipinski definition) is 2. The van der Waals surface area contributed by atoms with Crippen LogP contribution in [-0.4, -0.2) is 64.9 Å². The van der Waals surface area contributed by atoms with E-state index in [1.165, 1.54) is 60.0 Å². The summed E-state index contributed by atoms with van der Waals surface area (Å²) >= 11 is 1.87. The molecular weight excluding hydrogens is 623 g/mol. The Morgan fingerprint density at radius 1 is 1.04 bits per heavy atom. The van der Waals surface area contributed by atoms with Gasteiger partial charge in [-0.05, 0) is 99.8 Å². The van der Waals surface area contributed by atoms with Gasteiger partial charge in [0.05, 0.1) is 36.2 Å². The topological polar surface area (TPSA) is 106 Å². The molecule has 1 saturated carbocycles. The number of fused-ring (bicyclic) bond motifs is 2. The summed E-state index contributed by atoms with van der Waals surface area (Å²) in [6.45, 7) is 13.0. The average Bonchev–Trinajstić information content (AvgIpc) is 3.90. The van der Waals surface area contributed by atoms with Gasteiger partial charge in [-0.25, -0.2) is 9.78 Å². The highest BCUT2D eigenvalue weighted by Crippen LogP contribution is 2.55. The molecule has 4 aliphatic rings. The van der Waals surface area contributed by atoms with Crippen molar-refractivity contribution in [2.24, 2.45) is 5.92 Å². The molecule has 48 heavy (non-hydrogen) atoms. The summed E-state index contributed by atoms with van der Waals surface area (Å²) in [5.41, 5.74) is 5.76. The highest BCUT2D eigenvalue weighted by Gasteiger charge is 2.55. The van der Waals surface area contributed by atoms with Crippen LogP contribution in [0.15, 0.2) is 30.5 Å². The average molecular weight is 673 g/mol. The van der Waals surface area contributed by atoms with E-state index in [-0.39, 0.29) is 41.6 Å². The molecule has 4 heterocycles. The molecule has 11 heteroatoms. The predicted molar refractivity (Wildman–Crippen MR) is 189 cm³/mol. The number of hydrogen-bond acceptors (Lipinski definition) is 7. The van der Waals surface area contributed by atoms with Gasteiger partial charge in [-0.3, -0.25) is 4.79 Å². The van der Waals surface area contributed by atoms with Gasteiger partial charge >= 0.3 is 13.2 Å². The molecule has 2 N–H and O–H groups in total. The lowest BCUT2D eigenvalue weighted by Gasteiger charge is -2.32. The minimum atomic E-state index is -0.660. The largest absolute Gasteiger partial charge is 0.505 e. The predicted octanol–water partition coefficient (Wildman–Crippen LogP) is 6.91. The van der Waals surface area contributed by atoms with Crippen LogP contribution < -0.4 is 10.1 Å². The molecule has 3 aromatic rings. The van der Waals surface area contributed by atoms with Crippen LogP contribution in [0.3, 0.4) is 0 Å². The minimum Gasteiger partial charge on any atom is -0.453 e. The van der Waals surface area contributed by atoms with Crippen molar-refractivity contribution in [3.05, 3.63) is 47.4 Å². The number of benzene rings is 1. The van der Waals surface area contributed by atoms with Crippen molar-refractivity contribution in [3.8, 4) is 21.7 Å². The summed E-state index contributed by atoms with van der Waals surface area (Å²) in [6, 6.07) is 8.01. The zero-order chi connectivity index (χ0) is 34.0. The fourth-order valence-corrected chi connectivity index (χ4v) is 9.76. The lowest BCUT2D eigenvalue weighted by molar-refractivity contribution is -0.135. The molecule has 0 bridgehead atoms. The first-order valence-electron chi connectivity index (χ1n) is 17.7. The van der Waals surface area contributed by atoms with Crippen LogP contribution in [0.5, 0.6) is 0 Å². The molecule has 2 atom stereocenters. The van der Waals surface area contributed by atoms with Gasteiger partial charge in [0.1, 0.15) is 11.9 Å². The monoisotopic (exact) mass is 672 g/mol. The highest BCUT2D eigenvalue weighted by atomic mass is 32.1. The van der Waals surface area contributed by atoms with Crippen molar-refractivity contribution in [1.29, 1.82) is 0 Å². The normalized spacial score (nSPS) is 22.9. The van der Waals surface area contributed by atoms with E-state index >= 15 is 0 Å². The van der Waals surface area contributed by atoms with Crippen LogP contribution in [0.4, 0.5) is 4.79 Å². The summed E-state index contributed by atoms with van der Waals surface area (Å²) in [6.07, 6.45) is 10.4. The number of nitrogens with zero attached hydrogens (tertiary/aromatic N) is 2. The quantitative estimate of drug-likeness (QED) is 0.265. The molecule has 1 spiro atoms. The van der Waals surface area contributed by atoms with Gasteiger partial charge in [-0.15, -0.1) is 11.3 Å². The van der Waals surface area contributed by atoms with E-state index in [1.807, 2.05) is 36.3 Å². The molecular formula is C37H49BN4O5S. The number of likely N-dealkylation sites (tertiary alicyclic amines) is 1. The van der Waals surface area contributed by atoms with Gasteiger partial charge in [0.25, 0.3) is 0 Å². The van der Waals surface area contributed by atoms with Crippen LogP contribution in [0.2, 0.25) is 0 Å². The Hall–Kier alpha value is -3.15. The Labute approximate surface area is 288 Å². The van der Waals surface area contributed by atoms with Crippen molar-refractivity contribution in [3.63, 3.8) is 0 Å². The third kappa shape index (κ3) is 5.59. The number of imidazole rings is 1. The van der Waals surface area contributed by atoms with Crippen LogP contribution in [-0.2, 0) is 30.7 Å². The lowest BCUT2D eigenvalue weighted by Crippen LogP contribution is -2.51. The van der Waals surface area contributed by atoms with E-state index in [9.17, 15) is 9.59 Å². The summed E-state index contributed by atoms with van der Waals surface area (Å²) in [7, 11) is 0.973. The van der Waals surface area contributed by atoms with Crippen molar-refractivity contribution < 1.29 is 23.6 Å². The number of aromatic nitrogens is 2. The molecule has 2 saturated heterocycles. The third-order valence-corrected chi connectivity index (χ3v) is 13.0. The second-order valence-corrected chi connectivity index (χ2v) is 16.6. The number of H-pyrrole nitrogens is 1. The molecule has 2 amide bonds. The molecule has 2 aliphatic carbocycles. The standard InChI is InChI=1S/C37H49BN4O5S/c1-22(2)29(41-34(44)45-7)33(43)42-20-10-11-27(42)32-39-21-26(40-32)23-12-14-24(15-13-23)30-28-25(16-19-37(28)17-8-9-18-37)31(48-30)38-46-35(3,4)36(5,6)47-38/h12-15,21-22,27,29H,8-11,16-20H2,1-7H3,(H,39,40)(H,41,44)/t27-,29-/m0/s1. The van der Waals surface area contributed by atoms with E-state index in [4.69, 9.17) is 19.0 Å². The zero-order valence-corrected chi connectivity index (χ0v) is 30.2. The Bertz CT molecular complexity index is 1670. The van der Waals surface area contributed by atoms with Crippen molar-refractivity contribution in [2.45, 2.75) is 122 Å². The number of rotatable bonds is 7. The second kappa shape index (κ2) is 12.3. The fraction of sp³-hybridized carbons (Fsp3) is 0.595. The number of methoxy groups -OCH3 is 1. The maximum absolute atomic E-state index is 13.6. The van der Waals surface area contributed by atoms with Crippen molar-refractivity contribution in [1.82, 2.24) is 20.2 Å². The summed E-state index contributed by atoms with van der Waals surface area (Å²) in [5.74, 6) is 0.583. The Balaban J connectivity index is 1.15. The Kier molecular flexibility index (Phi) is 8.56. The van der Waals surface area contributed by atoms with Crippen molar-refractivity contribution >= 4 is 35.2 Å². The number of amides is 2. The molecule has 0 radical (unpaired) electrons. The lowest BCUT2D eigenvalue weighted by atomic mass is 9.78. The van der Waals surface area contributed by atoms with Crippen LogP contribution in [0.1, 0.15) is 109 Å². The maximum atomic E-state index is 13.6. The molecule has 256 valence electrons. The Morgan fingerprint density at radius 3 is 2.35 bits per heavy atom. The van der Waals surface area contributed by atoms with Gasteiger partial charge < -0.3 is 29.2 Å². The van der Waals surface area contributed by atoms with Gasteiger partial charge in [0, 0.05) is 16.2 Å². The molecule has 2 aromatic heterocycles. The number of alkyl carbamates (subject to hydrolysis) is 1. The number of carbonyl (C=O) groups is 2. The number of ether oxygens (including phenoxy) is 1. The van der Waals surface area contributed by atoms with E-state index in [1.54, 1.807) is 5.56 Å². The molecule has 1 aromatic carbocycles. The van der Waals surface area contributed by atoms with E-state index in [0.717, 1.165) is 36.3 Å². The number of aromatic amines is 1. The molecule has 9 nitrogen and oxygen atoms in total. The first-order chi connectivity index (χ1) is 22.8. The van der Waals surface area contributed by atoms with Gasteiger partial charge in [0.2, 0.25) is 5.91 Å². The SMILES string of the molecule is COC(=O)N[C@H](C(=O)N1CCC[C@H]1c1ncc(-c2ccc(-c3sc(B4OC(C)(C)C(C)(C)O4)c4c3C3(CCCC3)CC4)cc2)[nH]1)C(C)C. The first kappa shape index (κ1) is 33.4. The number of nitrogens with one attached hydrogen (secondary N) is 2. The van der Waals surface area contributed by atoms with E-state index in [2.05, 4.69) is 62.3 Å². The highest BCUT2D eigenvalue weighted by molar-refractivity contribution is 7.25. The first-order valence-corrected chi connectivity index (χ1v) is 18.5. The second-order valence-electron chi connectivity index (χ2n) is 15.5. The zero-order valence-electron chi connectivity index (χ0n) is 29.4. The number of thiophene rings is 1. The van der Waals surface area contributed by atoms with Crippen molar-refractivity contribution in [2.75, 3.05) is 13.7 Å². The van der Waals surface area contributed by atoms with Crippen LogP contribution >= 0.6 is 11.3 Å². The van der Waals surface area contributed by atoms with E-state index < -0.39 is 12.1 Å². The molecule has 2 aliphatic heterocycles. The molecule has 0 unspecified atom stereocenters. The number of carbonyl (C=O) groups excluding carboxylic acids is 2. The van der Waals surface area contributed by atoms with Gasteiger partial charge in [-0.1, -0.05) is 51.0 Å². The molecule has 3 fully saturated rings. The van der Waals surface area contributed by atoms with Gasteiger partial charge in [-0.2, -0.15) is 0 Å². The maximum Gasteiger partial charge on any atom is 0.505 e. The minimum absolute atomic E-state index is 0.0790. The van der Waals surface area contributed by atoms with E-state index in [0.29, 0.717) is 6.54 Å². The Morgan fingerprint density at radius 2 is 1.71 bits per heavy atom. The third-order valence-electron chi connectivity index (χ3n) is 11.7. The fourth-order valence-electron chi connectivity index (χ4n) is 8.32. The molecule has 7 rings (SSSR count). The smallest absolute Gasteiger partial charge is 0.453 e. The summed E-state index contributed by atoms with van der Waals surface area (Å²) in [4.78, 5) is 37.0. The van der Waals surface area contributed by atoms with Crippen LogP contribution in [0.25, 0.3) is 21.7 Å². The summed E-state index contributed by atoms with van der Waals surface area (Å²) < 4.78 is 19.2. The van der Waals surface area contributed by atoms with Gasteiger partial charge in [0.15, 0.2) is 0 Å². The summed E-state index contributed by atoms with van der Waals surface area (Å²) in [5, 5.41) is 2.72.